The zero-order chi connectivity index (χ0) is 15.2. The van der Waals surface area contributed by atoms with Crippen molar-refractivity contribution in [3.05, 3.63) is 29.3 Å². The number of nitrogens with two attached hydrogens (primary N) is 1. The van der Waals surface area contributed by atoms with E-state index in [1.165, 1.54) is 0 Å². The summed E-state index contributed by atoms with van der Waals surface area (Å²) >= 11 is 0. The van der Waals surface area contributed by atoms with E-state index < -0.39 is 5.97 Å². The Kier molecular flexibility index (Phi) is 5.30. The Balaban J connectivity index is 1.89. The average molecular weight is 292 g/mol. The van der Waals surface area contributed by atoms with E-state index in [0.29, 0.717) is 19.4 Å². The minimum Gasteiger partial charge on any atom is -0.464 e. The van der Waals surface area contributed by atoms with Gasteiger partial charge in [0.15, 0.2) is 0 Å². The molecule has 1 aliphatic rings. The summed E-state index contributed by atoms with van der Waals surface area (Å²) in [5.41, 5.74) is 8.89. The number of carbonyl (C=O) groups is 2. The number of anilines is 1. The first-order chi connectivity index (χ1) is 10.1. The van der Waals surface area contributed by atoms with Gasteiger partial charge in [0.05, 0.1) is 19.3 Å². The highest BCUT2D eigenvalue weighted by Crippen LogP contribution is 2.25. The van der Waals surface area contributed by atoms with Gasteiger partial charge >= 0.3 is 5.97 Å². The highest BCUT2D eigenvalue weighted by Gasteiger charge is 2.16. The zero-order valence-electron chi connectivity index (χ0n) is 12.1. The van der Waals surface area contributed by atoms with Crippen LogP contribution in [0, 0.1) is 0 Å². The fourth-order valence-corrected chi connectivity index (χ4v) is 2.20. The Bertz CT molecular complexity index is 530. The lowest BCUT2D eigenvalue weighted by molar-refractivity contribution is -0.148. The number of amides is 1. The van der Waals surface area contributed by atoms with Gasteiger partial charge in [0.2, 0.25) is 5.91 Å². The maximum absolute atomic E-state index is 11.3. The molecule has 0 spiro atoms. The van der Waals surface area contributed by atoms with Crippen molar-refractivity contribution in [2.45, 2.75) is 25.8 Å². The number of benzene rings is 1. The lowest BCUT2D eigenvalue weighted by Gasteiger charge is -2.19. The Morgan fingerprint density at radius 3 is 3.00 bits per heavy atom. The van der Waals surface area contributed by atoms with Crippen LogP contribution in [-0.2, 0) is 25.5 Å². The summed E-state index contributed by atoms with van der Waals surface area (Å²) in [4.78, 5) is 22.5. The number of fused-ring (bicyclic) bond motifs is 1. The molecular weight excluding hydrogens is 272 g/mol. The number of aryl methyl sites for hydroxylation is 1. The Morgan fingerprint density at radius 2 is 2.24 bits per heavy atom. The van der Waals surface area contributed by atoms with Crippen LogP contribution in [0.5, 0.6) is 0 Å². The van der Waals surface area contributed by atoms with Crippen molar-refractivity contribution in [3.8, 4) is 0 Å². The molecule has 6 heteroatoms. The highest BCUT2D eigenvalue weighted by atomic mass is 16.6. The first kappa shape index (κ1) is 15.5. The molecule has 0 fully saturated rings. The van der Waals surface area contributed by atoms with Crippen molar-refractivity contribution >= 4 is 17.6 Å². The smallest absolute Gasteiger partial charge is 0.332 e. The summed E-state index contributed by atoms with van der Waals surface area (Å²) in [5, 5.41) is 2.83. The van der Waals surface area contributed by atoms with Crippen LogP contribution in [0.4, 0.5) is 5.69 Å². The SMILES string of the molecule is CCOC(=O)COCC(N)c1ccc2c(c1)CCC(=O)N2. The number of nitrogens with one attached hydrogen (secondary N) is 1. The molecule has 1 atom stereocenters. The fraction of sp³-hybridized carbons (Fsp3) is 0.467. The van der Waals surface area contributed by atoms with Crippen molar-refractivity contribution in [2.75, 3.05) is 25.1 Å². The van der Waals surface area contributed by atoms with Gasteiger partial charge in [0.1, 0.15) is 6.61 Å². The standard InChI is InChI=1S/C15H20N2O4/c1-2-21-15(19)9-20-8-12(16)10-3-5-13-11(7-10)4-6-14(18)17-13/h3,5,7,12H,2,4,6,8-9,16H2,1H3,(H,17,18). The molecule has 0 aliphatic carbocycles. The molecule has 1 amide bonds. The summed E-state index contributed by atoms with van der Waals surface area (Å²) in [6.07, 6.45) is 1.20. The van der Waals surface area contributed by atoms with E-state index in [9.17, 15) is 9.59 Å². The predicted molar refractivity (Wildman–Crippen MR) is 77.8 cm³/mol. The quantitative estimate of drug-likeness (QED) is 0.768. The molecule has 1 aromatic carbocycles. The van der Waals surface area contributed by atoms with Crippen molar-refractivity contribution in [3.63, 3.8) is 0 Å². The van der Waals surface area contributed by atoms with Gasteiger partial charge in [0.25, 0.3) is 0 Å². The van der Waals surface area contributed by atoms with Crippen LogP contribution in [-0.4, -0.2) is 31.7 Å². The number of rotatable bonds is 6. The van der Waals surface area contributed by atoms with Gasteiger partial charge in [-0.2, -0.15) is 0 Å². The minimum atomic E-state index is -0.391. The minimum absolute atomic E-state index is 0.0392. The third-order valence-electron chi connectivity index (χ3n) is 3.28. The normalized spacial score (nSPS) is 15.0. The second kappa shape index (κ2) is 7.19. The molecule has 0 saturated heterocycles. The molecule has 1 heterocycles. The number of carbonyl (C=O) groups excluding carboxylic acids is 2. The van der Waals surface area contributed by atoms with Crippen molar-refractivity contribution in [2.24, 2.45) is 5.73 Å². The van der Waals surface area contributed by atoms with Crippen molar-refractivity contribution < 1.29 is 19.1 Å². The van der Waals surface area contributed by atoms with Gasteiger partial charge < -0.3 is 20.5 Å². The van der Waals surface area contributed by atoms with Crippen molar-refractivity contribution in [1.29, 1.82) is 0 Å². The Labute approximate surface area is 123 Å². The topological polar surface area (TPSA) is 90.7 Å². The molecule has 2 rings (SSSR count). The molecule has 1 unspecified atom stereocenters. The van der Waals surface area contributed by atoms with E-state index in [4.69, 9.17) is 15.2 Å². The highest BCUT2D eigenvalue weighted by molar-refractivity contribution is 5.93. The molecule has 1 aromatic rings. The third-order valence-corrected chi connectivity index (χ3v) is 3.28. The molecule has 0 aromatic heterocycles. The van der Waals surface area contributed by atoms with E-state index in [2.05, 4.69) is 5.32 Å². The molecule has 6 nitrogen and oxygen atoms in total. The molecule has 0 radical (unpaired) electrons. The van der Waals surface area contributed by atoms with E-state index >= 15 is 0 Å². The molecule has 0 bridgehead atoms. The van der Waals surface area contributed by atoms with Crippen LogP contribution >= 0.6 is 0 Å². The third kappa shape index (κ3) is 4.27. The second-order valence-corrected chi connectivity index (χ2v) is 4.89. The summed E-state index contributed by atoms with van der Waals surface area (Å²) in [5.74, 6) is -0.352. The molecule has 3 N–H and O–H groups in total. The molecular formula is C15H20N2O4. The average Bonchev–Trinajstić information content (AvgIpc) is 2.46. The molecule has 114 valence electrons. The first-order valence-electron chi connectivity index (χ1n) is 7.01. The van der Waals surface area contributed by atoms with Crippen LogP contribution < -0.4 is 11.1 Å². The van der Waals surface area contributed by atoms with Gasteiger partial charge in [-0.15, -0.1) is 0 Å². The van der Waals surface area contributed by atoms with Gasteiger partial charge in [0, 0.05) is 12.1 Å². The van der Waals surface area contributed by atoms with Crippen LogP contribution in [0.3, 0.4) is 0 Å². The van der Waals surface area contributed by atoms with Gasteiger partial charge in [-0.05, 0) is 30.5 Å². The maximum atomic E-state index is 11.3. The zero-order valence-corrected chi connectivity index (χ0v) is 12.1. The molecule has 1 aliphatic heterocycles. The van der Waals surface area contributed by atoms with E-state index in [-0.39, 0.29) is 25.2 Å². The van der Waals surface area contributed by atoms with Gasteiger partial charge in [-0.3, -0.25) is 4.79 Å². The molecule has 21 heavy (non-hydrogen) atoms. The van der Waals surface area contributed by atoms with Gasteiger partial charge in [-0.1, -0.05) is 12.1 Å². The summed E-state index contributed by atoms with van der Waals surface area (Å²) < 4.78 is 10.0. The summed E-state index contributed by atoms with van der Waals surface area (Å²) in [6, 6.07) is 5.38. The lowest BCUT2D eigenvalue weighted by atomic mass is 9.98. The summed E-state index contributed by atoms with van der Waals surface area (Å²) in [7, 11) is 0. The van der Waals surface area contributed by atoms with Crippen LogP contribution in [0.25, 0.3) is 0 Å². The Morgan fingerprint density at radius 1 is 1.43 bits per heavy atom. The van der Waals surface area contributed by atoms with Gasteiger partial charge in [-0.25, -0.2) is 4.79 Å². The fourth-order valence-electron chi connectivity index (χ4n) is 2.20. The lowest BCUT2D eigenvalue weighted by Crippen LogP contribution is -2.22. The number of esters is 1. The number of hydrogen-bond donors (Lipinski definition) is 2. The maximum Gasteiger partial charge on any atom is 0.332 e. The van der Waals surface area contributed by atoms with E-state index in [0.717, 1.165) is 16.8 Å². The molecule has 0 saturated carbocycles. The largest absolute Gasteiger partial charge is 0.464 e. The first-order valence-corrected chi connectivity index (χ1v) is 7.01. The van der Waals surface area contributed by atoms with Crippen LogP contribution in [0.1, 0.15) is 30.5 Å². The van der Waals surface area contributed by atoms with Crippen LogP contribution in [0.2, 0.25) is 0 Å². The van der Waals surface area contributed by atoms with Crippen LogP contribution in [0.15, 0.2) is 18.2 Å². The summed E-state index contributed by atoms with van der Waals surface area (Å²) in [6.45, 7) is 2.23. The Hall–Kier alpha value is -1.92. The number of ether oxygens (including phenoxy) is 2. The van der Waals surface area contributed by atoms with E-state index in [1.54, 1.807) is 6.92 Å². The second-order valence-electron chi connectivity index (χ2n) is 4.89. The van der Waals surface area contributed by atoms with Crippen molar-refractivity contribution in [1.82, 2.24) is 0 Å². The number of hydrogen-bond acceptors (Lipinski definition) is 5. The monoisotopic (exact) mass is 292 g/mol. The van der Waals surface area contributed by atoms with E-state index in [1.807, 2.05) is 18.2 Å². The predicted octanol–water partition coefficient (Wildman–Crippen LogP) is 1.15.